The van der Waals surface area contributed by atoms with E-state index in [1.807, 2.05) is 30.3 Å². The average molecular weight is 193 g/mol. The summed E-state index contributed by atoms with van der Waals surface area (Å²) in [5, 5.41) is 0. The first-order chi connectivity index (χ1) is 6.22. The molecule has 0 unspecified atom stereocenters. The van der Waals surface area contributed by atoms with Crippen LogP contribution in [0.4, 0.5) is 0 Å². The van der Waals surface area contributed by atoms with Crippen LogP contribution in [0.3, 0.4) is 0 Å². The maximum Gasteiger partial charge on any atom is 0.119 e. The lowest BCUT2D eigenvalue weighted by atomic mass is 10.2. The van der Waals surface area contributed by atoms with Crippen molar-refractivity contribution in [2.75, 3.05) is 7.11 Å². The standard InChI is InChI=1S/C10H11NOS/c1-12-9-4-2-3-8(7-9)5-6-10(11)13/h2-7H,1H3,(H2,11,13)/b6-5-. The number of nitrogens with two attached hydrogens (primary N) is 1. The molecule has 0 bridgehead atoms. The Bertz CT molecular complexity index is 333. The first-order valence-electron chi connectivity index (χ1n) is 3.84. The van der Waals surface area contributed by atoms with Crippen LogP contribution in [0.15, 0.2) is 30.3 Å². The van der Waals surface area contributed by atoms with E-state index in [9.17, 15) is 0 Å². The Morgan fingerprint density at radius 2 is 2.31 bits per heavy atom. The Hall–Kier alpha value is -1.35. The summed E-state index contributed by atoms with van der Waals surface area (Å²) >= 11 is 4.72. The number of benzene rings is 1. The molecule has 0 spiro atoms. The highest BCUT2D eigenvalue weighted by molar-refractivity contribution is 7.80. The molecule has 0 aliphatic carbocycles. The lowest BCUT2D eigenvalue weighted by molar-refractivity contribution is 0.414. The third kappa shape index (κ3) is 3.25. The Morgan fingerprint density at radius 1 is 1.54 bits per heavy atom. The van der Waals surface area contributed by atoms with E-state index in [0.717, 1.165) is 11.3 Å². The minimum absolute atomic E-state index is 0.378. The summed E-state index contributed by atoms with van der Waals surface area (Å²) in [4.78, 5) is 0.378. The number of thiocarbonyl (C=S) groups is 1. The van der Waals surface area contributed by atoms with E-state index >= 15 is 0 Å². The molecule has 0 aliphatic heterocycles. The summed E-state index contributed by atoms with van der Waals surface area (Å²) in [6, 6.07) is 7.67. The molecule has 1 aromatic carbocycles. The molecule has 0 saturated heterocycles. The molecule has 1 rings (SSSR count). The zero-order valence-electron chi connectivity index (χ0n) is 7.36. The van der Waals surface area contributed by atoms with E-state index in [2.05, 4.69) is 0 Å². The van der Waals surface area contributed by atoms with Crippen molar-refractivity contribution in [3.8, 4) is 5.75 Å². The molecule has 0 atom stereocenters. The number of rotatable bonds is 3. The predicted octanol–water partition coefficient (Wildman–Crippen LogP) is 1.99. The Kier molecular flexibility index (Phi) is 3.46. The van der Waals surface area contributed by atoms with Crippen molar-refractivity contribution in [3.05, 3.63) is 35.9 Å². The van der Waals surface area contributed by atoms with Crippen LogP contribution in [0.5, 0.6) is 5.75 Å². The van der Waals surface area contributed by atoms with Gasteiger partial charge in [-0.15, -0.1) is 0 Å². The molecule has 0 saturated carbocycles. The second-order valence-corrected chi connectivity index (χ2v) is 2.98. The fourth-order valence-electron chi connectivity index (χ4n) is 0.924. The lowest BCUT2D eigenvalue weighted by Crippen LogP contribution is -2.01. The SMILES string of the molecule is COc1cccc(/C=C\C(N)=S)c1. The van der Waals surface area contributed by atoms with Crippen molar-refractivity contribution in [2.24, 2.45) is 5.73 Å². The van der Waals surface area contributed by atoms with E-state index in [-0.39, 0.29) is 0 Å². The van der Waals surface area contributed by atoms with Gasteiger partial charge in [-0.1, -0.05) is 30.4 Å². The molecule has 0 aliphatic rings. The maximum absolute atomic E-state index is 5.32. The first kappa shape index (κ1) is 9.74. The summed E-state index contributed by atoms with van der Waals surface area (Å²) < 4.78 is 5.06. The summed E-state index contributed by atoms with van der Waals surface area (Å²) in [5.41, 5.74) is 6.34. The molecule has 0 aromatic heterocycles. The average Bonchev–Trinajstić information content (AvgIpc) is 2.15. The van der Waals surface area contributed by atoms with Gasteiger partial charge < -0.3 is 10.5 Å². The van der Waals surface area contributed by atoms with Crippen LogP contribution in [-0.2, 0) is 0 Å². The topological polar surface area (TPSA) is 35.2 Å². The van der Waals surface area contributed by atoms with E-state index in [1.165, 1.54) is 0 Å². The quantitative estimate of drug-likeness (QED) is 0.589. The molecule has 0 fully saturated rings. The van der Waals surface area contributed by atoms with E-state index < -0.39 is 0 Å². The van der Waals surface area contributed by atoms with Gasteiger partial charge >= 0.3 is 0 Å². The molecule has 3 heteroatoms. The maximum atomic E-state index is 5.32. The number of hydrogen-bond acceptors (Lipinski definition) is 2. The highest BCUT2D eigenvalue weighted by atomic mass is 32.1. The molecular weight excluding hydrogens is 182 g/mol. The largest absolute Gasteiger partial charge is 0.497 e. The molecule has 1 aromatic rings. The summed E-state index contributed by atoms with van der Waals surface area (Å²) in [7, 11) is 1.64. The molecule has 0 heterocycles. The molecule has 68 valence electrons. The van der Waals surface area contributed by atoms with Crippen LogP contribution in [0.1, 0.15) is 5.56 Å². The van der Waals surface area contributed by atoms with Gasteiger partial charge in [-0.25, -0.2) is 0 Å². The normalized spacial score (nSPS) is 10.2. The van der Waals surface area contributed by atoms with E-state index in [4.69, 9.17) is 22.7 Å². The highest BCUT2D eigenvalue weighted by Gasteiger charge is 1.90. The Morgan fingerprint density at radius 3 is 2.92 bits per heavy atom. The zero-order valence-corrected chi connectivity index (χ0v) is 8.17. The monoisotopic (exact) mass is 193 g/mol. The lowest BCUT2D eigenvalue weighted by Gasteiger charge is -1.99. The van der Waals surface area contributed by atoms with Gasteiger partial charge in [0.1, 0.15) is 5.75 Å². The third-order valence-corrected chi connectivity index (χ3v) is 1.67. The van der Waals surface area contributed by atoms with Crippen LogP contribution < -0.4 is 10.5 Å². The Balaban J connectivity index is 2.83. The van der Waals surface area contributed by atoms with Crippen LogP contribution in [0, 0.1) is 0 Å². The number of ether oxygens (including phenoxy) is 1. The first-order valence-corrected chi connectivity index (χ1v) is 4.25. The molecule has 2 N–H and O–H groups in total. The summed E-state index contributed by atoms with van der Waals surface area (Å²) in [6.45, 7) is 0. The zero-order chi connectivity index (χ0) is 9.68. The molecule has 2 nitrogen and oxygen atoms in total. The smallest absolute Gasteiger partial charge is 0.119 e. The van der Waals surface area contributed by atoms with Crippen molar-refractivity contribution in [1.82, 2.24) is 0 Å². The molecule has 0 radical (unpaired) electrons. The van der Waals surface area contributed by atoms with Crippen LogP contribution >= 0.6 is 12.2 Å². The summed E-state index contributed by atoms with van der Waals surface area (Å²) in [5.74, 6) is 0.824. The van der Waals surface area contributed by atoms with Gasteiger partial charge in [-0.05, 0) is 23.8 Å². The molecule has 0 amide bonds. The van der Waals surface area contributed by atoms with Gasteiger partial charge in [0.2, 0.25) is 0 Å². The fourth-order valence-corrected chi connectivity index (χ4v) is 0.992. The number of methoxy groups -OCH3 is 1. The van der Waals surface area contributed by atoms with Gasteiger partial charge in [-0.3, -0.25) is 0 Å². The second kappa shape index (κ2) is 4.62. The second-order valence-electron chi connectivity index (χ2n) is 2.51. The van der Waals surface area contributed by atoms with Crippen molar-refractivity contribution in [3.63, 3.8) is 0 Å². The minimum atomic E-state index is 0.378. The van der Waals surface area contributed by atoms with E-state index in [0.29, 0.717) is 4.99 Å². The summed E-state index contributed by atoms with van der Waals surface area (Å²) in [6.07, 6.45) is 3.54. The van der Waals surface area contributed by atoms with Crippen molar-refractivity contribution < 1.29 is 4.74 Å². The third-order valence-electron chi connectivity index (χ3n) is 1.53. The highest BCUT2D eigenvalue weighted by Crippen LogP contribution is 2.13. The molecular formula is C10H11NOS. The van der Waals surface area contributed by atoms with Crippen molar-refractivity contribution in [2.45, 2.75) is 0 Å². The number of hydrogen-bond donors (Lipinski definition) is 1. The van der Waals surface area contributed by atoms with Gasteiger partial charge in [-0.2, -0.15) is 0 Å². The minimum Gasteiger partial charge on any atom is -0.497 e. The van der Waals surface area contributed by atoms with Gasteiger partial charge in [0.25, 0.3) is 0 Å². The van der Waals surface area contributed by atoms with Gasteiger partial charge in [0.15, 0.2) is 0 Å². The van der Waals surface area contributed by atoms with Gasteiger partial charge in [0, 0.05) is 0 Å². The van der Waals surface area contributed by atoms with Crippen molar-refractivity contribution in [1.29, 1.82) is 0 Å². The van der Waals surface area contributed by atoms with Crippen LogP contribution in [0.25, 0.3) is 6.08 Å². The van der Waals surface area contributed by atoms with Crippen LogP contribution in [-0.4, -0.2) is 12.1 Å². The molecule has 13 heavy (non-hydrogen) atoms. The predicted molar refractivity (Wildman–Crippen MR) is 58.8 cm³/mol. The fraction of sp³-hybridized carbons (Fsp3) is 0.100. The van der Waals surface area contributed by atoms with Crippen LogP contribution in [0.2, 0.25) is 0 Å². The van der Waals surface area contributed by atoms with E-state index in [1.54, 1.807) is 13.2 Å². The Labute approximate surface area is 83.0 Å². The van der Waals surface area contributed by atoms with Crippen molar-refractivity contribution >= 4 is 23.3 Å². The van der Waals surface area contributed by atoms with Gasteiger partial charge in [0.05, 0.1) is 12.1 Å².